The molecule has 1 fully saturated rings. The lowest BCUT2D eigenvalue weighted by atomic mass is 9.85. The van der Waals surface area contributed by atoms with Crippen molar-refractivity contribution in [2.75, 3.05) is 31.1 Å². The first-order chi connectivity index (χ1) is 19.7. The Bertz CT molecular complexity index is 1600. The van der Waals surface area contributed by atoms with E-state index in [1.165, 1.54) is 34.8 Å². The minimum atomic E-state index is -3.73. The van der Waals surface area contributed by atoms with Gasteiger partial charge < -0.3 is 9.64 Å². The molecule has 1 aliphatic heterocycles. The normalized spacial score (nSPS) is 15.4. The molecule has 0 amide bonds. The van der Waals surface area contributed by atoms with Gasteiger partial charge in [-0.2, -0.15) is 14.1 Å². The van der Waals surface area contributed by atoms with E-state index in [2.05, 4.69) is 5.10 Å². The molecule has 0 aliphatic carbocycles. The van der Waals surface area contributed by atoms with E-state index in [0.29, 0.717) is 17.3 Å². The molecule has 0 spiro atoms. The van der Waals surface area contributed by atoms with Crippen molar-refractivity contribution in [1.82, 2.24) is 14.1 Å². The van der Waals surface area contributed by atoms with Crippen LogP contribution in [0.25, 0.3) is 5.69 Å². The van der Waals surface area contributed by atoms with Gasteiger partial charge in [0.2, 0.25) is 15.8 Å². The first-order valence-corrected chi connectivity index (χ1v) is 15.0. The zero-order valence-electron chi connectivity index (χ0n) is 23.8. The highest BCUT2D eigenvalue weighted by Crippen LogP contribution is 2.32. The topological polar surface area (TPSA) is 128 Å². The molecule has 1 unspecified atom stereocenters. The SMILES string of the molecule is CCC(C)(C)C(C)Oc1c(N2CCN(S(=O)(=O)Cc3ccc([N+](=O)[O-])cc3)CC2)cnn(-c2cc(F)cc(F)c2)c1=O. The van der Waals surface area contributed by atoms with E-state index in [0.717, 1.165) is 23.2 Å². The van der Waals surface area contributed by atoms with Crippen LogP contribution in [0.5, 0.6) is 5.75 Å². The number of hydrogen-bond acceptors (Lipinski definition) is 8. The zero-order chi connectivity index (χ0) is 30.8. The monoisotopic (exact) mass is 605 g/mol. The summed E-state index contributed by atoms with van der Waals surface area (Å²) in [4.78, 5) is 25.8. The van der Waals surface area contributed by atoms with Crippen molar-refractivity contribution in [2.45, 2.75) is 46.0 Å². The van der Waals surface area contributed by atoms with Crippen LogP contribution in [0, 0.1) is 27.2 Å². The number of aromatic nitrogens is 2. The third kappa shape index (κ3) is 6.76. The molecule has 2 aromatic carbocycles. The maximum atomic E-state index is 13.9. The Morgan fingerprint density at radius 1 is 1.07 bits per heavy atom. The molecule has 0 bridgehead atoms. The summed E-state index contributed by atoms with van der Waals surface area (Å²) in [6.07, 6.45) is 1.72. The van der Waals surface area contributed by atoms with Crippen molar-refractivity contribution in [3.8, 4) is 11.4 Å². The van der Waals surface area contributed by atoms with Gasteiger partial charge in [0.25, 0.3) is 5.69 Å². The van der Waals surface area contributed by atoms with E-state index in [9.17, 15) is 32.1 Å². The molecule has 1 aromatic heterocycles. The third-order valence-corrected chi connectivity index (χ3v) is 9.63. The highest BCUT2D eigenvalue weighted by Gasteiger charge is 2.32. The minimum Gasteiger partial charge on any atom is -0.483 e. The number of nitro benzene ring substituents is 1. The van der Waals surface area contributed by atoms with Gasteiger partial charge in [-0.15, -0.1) is 0 Å². The smallest absolute Gasteiger partial charge is 0.316 e. The van der Waals surface area contributed by atoms with Gasteiger partial charge in [0.15, 0.2) is 0 Å². The van der Waals surface area contributed by atoms with Crippen molar-refractivity contribution in [3.05, 3.63) is 86.3 Å². The summed E-state index contributed by atoms with van der Waals surface area (Å²) in [6.45, 7) is 8.49. The number of piperazine rings is 1. The van der Waals surface area contributed by atoms with Crippen molar-refractivity contribution >= 4 is 21.4 Å². The van der Waals surface area contributed by atoms with Gasteiger partial charge in [0.1, 0.15) is 23.4 Å². The van der Waals surface area contributed by atoms with Crippen LogP contribution < -0.4 is 15.2 Å². The number of hydrogen-bond donors (Lipinski definition) is 0. The second kappa shape index (κ2) is 12.1. The van der Waals surface area contributed by atoms with E-state index in [1.807, 2.05) is 27.7 Å². The number of non-ortho nitro benzene ring substituents is 1. The van der Waals surface area contributed by atoms with E-state index in [4.69, 9.17) is 4.74 Å². The molecule has 4 rings (SSSR count). The van der Waals surface area contributed by atoms with Gasteiger partial charge in [0.05, 0.1) is 22.6 Å². The molecule has 11 nitrogen and oxygen atoms in total. The number of sulfonamides is 1. The molecule has 226 valence electrons. The molecule has 1 aliphatic rings. The highest BCUT2D eigenvalue weighted by molar-refractivity contribution is 7.88. The highest BCUT2D eigenvalue weighted by atomic mass is 32.2. The average Bonchev–Trinajstić information content (AvgIpc) is 2.93. The largest absolute Gasteiger partial charge is 0.483 e. The van der Waals surface area contributed by atoms with Gasteiger partial charge in [-0.25, -0.2) is 17.2 Å². The quantitative estimate of drug-likeness (QED) is 0.248. The summed E-state index contributed by atoms with van der Waals surface area (Å²) in [7, 11) is -3.73. The maximum Gasteiger partial charge on any atom is 0.316 e. The van der Waals surface area contributed by atoms with Gasteiger partial charge in [-0.3, -0.25) is 14.9 Å². The van der Waals surface area contributed by atoms with E-state index >= 15 is 0 Å². The number of rotatable bonds is 10. The van der Waals surface area contributed by atoms with Crippen LogP contribution in [0.2, 0.25) is 0 Å². The van der Waals surface area contributed by atoms with Gasteiger partial charge in [-0.05, 0) is 31.0 Å². The lowest BCUT2D eigenvalue weighted by Gasteiger charge is -2.37. The van der Waals surface area contributed by atoms with Crippen LogP contribution in [0.1, 0.15) is 39.7 Å². The number of nitrogens with zero attached hydrogens (tertiary/aromatic N) is 5. The molecule has 2 heterocycles. The lowest BCUT2D eigenvalue weighted by Crippen LogP contribution is -2.49. The van der Waals surface area contributed by atoms with Crippen LogP contribution in [0.4, 0.5) is 20.2 Å². The van der Waals surface area contributed by atoms with E-state index < -0.39 is 38.2 Å². The third-order valence-electron chi connectivity index (χ3n) is 7.78. The van der Waals surface area contributed by atoms with Crippen LogP contribution in [0.3, 0.4) is 0 Å². The molecular weight excluding hydrogens is 572 g/mol. The number of nitro groups is 1. The molecule has 1 saturated heterocycles. The summed E-state index contributed by atoms with van der Waals surface area (Å²) in [5, 5.41) is 15.1. The van der Waals surface area contributed by atoms with E-state index in [1.54, 1.807) is 4.90 Å². The molecule has 3 aromatic rings. The van der Waals surface area contributed by atoms with Gasteiger partial charge in [-0.1, -0.05) is 32.9 Å². The molecule has 0 radical (unpaired) electrons. The summed E-state index contributed by atoms with van der Waals surface area (Å²) in [5.74, 6) is -2.09. The summed E-state index contributed by atoms with van der Waals surface area (Å²) in [5.41, 5.74) is -0.472. The Hall–Kier alpha value is -3.91. The Kier molecular flexibility index (Phi) is 8.97. The molecule has 42 heavy (non-hydrogen) atoms. The summed E-state index contributed by atoms with van der Waals surface area (Å²) in [6, 6.07) is 8.04. The Balaban J connectivity index is 1.60. The van der Waals surface area contributed by atoms with Crippen LogP contribution in [0.15, 0.2) is 53.5 Å². The fourth-order valence-electron chi connectivity index (χ4n) is 4.46. The number of halogens is 2. The standard InChI is InChI=1S/C28H33F2N5O6S/c1-5-28(3,4)19(2)41-26-25(17-31-34(27(26)36)24-15-21(29)14-22(30)16-24)32-10-12-33(13-11-32)42(39,40)18-20-6-8-23(9-7-20)35(37)38/h6-9,14-17,19H,5,10-13,18H2,1-4H3. The van der Waals surface area contributed by atoms with Crippen LogP contribution in [-0.4, -0.2) is 59.7 Å². The first-order valence-electron chi connectivity index (χ1n) is 13.4. The lowest BCUT2D eigenvalue weighted by molar-refractivity contribution is -0.384. The average molecular weight is 606 g/mol. The van der Waals surface area contributed by atoms with Crippen molar-refractivity contribution in [1.29, 1.82) is 0 Å². The maximum absolute atomic E-state index is 13.9. The number of benzene rings is 2. The summed E-state index contributed by atoms with van der Waals surface area (Å²) < 4.78 is 62.5. The van der Waals surface area contributed by atoms with Gasteiger partial charge in [0, 0.05) is 49.8 Å². The van der Waals surface area contributed by atoms with Crippen LogP contribution >= 0.6 is 0 Å². The molecular formula is C28H33F2N5O6S. The van der Waals surface area contributed by atoms with Crippen molar-refractivity contribution in [2.24, 2.45) is 5.41 Å². The first kappa shape index (κ1) is 31.0. The molecule has 1 atom stereocenters. The number of ether oxygens (including phenoxy) is 1. The Labute approximate surface area is 242 Å². The molecule has 0 saturated carbocycles. The second-order valence-electron chi connectivity index (χ2n) is 10.9. The van der Waals surface area contributed by atoms with Crippen molar-refractivity contribution in [3.63, 3.8) is 0 Å². The molecule has 0 N–H and O–H groups in total. The number of anilines is 1. The zero-order valence-corrected chi connectivity index (χ0v) is 24.6. The Morgan fingerprint density at radius 2 is 1.67 bits per heavy atom. The molecule has 14 heteroatoms. The fraction of sp³-hybridized carbons (Fsp3) is 0.429. The van der Waals surface area contributed by atoms with Gasteiger partial charge >= 0.3 is 5.56 Å². The van der Waals surface area contributed by atoms with E-state index in [-0.39, 0.29) is 54.5 Å². The second-order valence-corrected chi connectivity index (χ2v) is 12.8. The van der Waals surface area contributed by atoms with Crippen molar-refractivity contribution < 1.29 is 26.9 Å². The Morgan fingerprint density at radius 3 is 2.21 bits per heavy atom. The fourth-order valence-corrected chi connectivity index (χ4v) is 5.97. The minimum absolute atomic E-state index is 0.0501. The predicted octanol–water partition coefficient (Wildman–Crippen LogP) is 4.27. The van der Waals surface area contributed by atoms with Crippen LogP contribution in [-0.2, 0) is 15.8 Å². The summed E-state index contributed by atoms with van der Waals surface area (Å²) >= 11 is 0. The predicted molar refractivity (Wildman–Crippen MR) is 153 cm³/mol.